The molecule has 1 atom stereocenters. The minimum Gasteiger partial charge on any atom is -0.307 e. The van der Waals surface area contributed by atoms with E-state index in [-0.39, 0.29) is 6.04 Å². The Labute approximate surface area is 119 Å². The highest BCUT2D eigenvalue weighted by molar-refractivity contribution is 9.10. The van der Waals surface area contributed by atoms with Gasteiger partial charge in [0.05, 0.1) is 6.04 Å². The zero-order chi connectivity index (χ0) is 12.3. The second-order valence-corrected chi connectivity index (χ2v) is 5.88. The first-order chi connectivity index (χ1) is 8.20. The molecule has 0 fully saturated rings. The van der Waals surface area contributed by atoms with E-state index in [0.29, 0.717) is 0 Å². The van der Waals surface area contributed by atoms with Crippen LogP contribution in [-0.2, 0) is 0 Å². The molecule has 0 radical (unpaired) electrons. The molecule has 0 spiro atoms. The molecule has 0 bridgehead atoms. The lowest BCUT2D eigenvalue weighted by molar-refractivity contribution is 0.632. The van der Waals surface area contributed by atoms with Gasteiger partial charge in [-0.1, -0.05) is 34.5 Å². The summed E-state index contributed by atoms with van der Waals surface area (Å²) in [6.07, 6.45) is 0. The van der Waals surface area contributed by atoms with Crippen molar-refractivity contribution in [2.75, 3.05) is 6.54 Å². The maximum absolute atomic E-state index is 6.10. The van der Waals surface area contributed by atoms with Crippen molar-refractivity contribution in [3.8, 4) is 0 Å². The van der Waals surface area contributed by atoms with Crippen LogP contribution in [0, 0.1) is 0 Å². The lowest BCUT2D eigenvalue weighted by atomic mass is 10.0. The zero-order valence-corrected chi connectivity index (χ0v) is 12.6. The smallest absolute Gasteiger partial charge is 0.0585 e. The molecule has 0 aliphatic rings. The van der Waals surface area contributed by atoms with Gasteiger partial charge >= 0.3 is 0 Å². The minimum absolute atomic E-state index is 0.209. The van der Waals surface area contributed by atoms with Crippen LogP contribution in [0.4, 0.5) is 0 Å². The molecular formula is C13H13BrClNS. The Hall–Kier alpha value is -0.350. The molecule has 4 heteroatoms. The Morgan fingerprint density at radius 3 is 2.76 bits per heavy atom. The average Bonchev–Trinajstić information content (AvgIpc) is 2.77. The molecule has 1 aromatic carbocycles. The molecule has 1 heterocycles. The fourth-order valence-electron chi connectivity index (χ4n) is 1.81. The van der Waals surface area contributed by atoms with Crippen LogP contribution in [0.25, 0.3) is 0 Å². The summed E-state index contributed by atoms with van der Waals surface area (Å²) in [6, 6.07) is 8.38. The van der Waals surface area contributed by atoms with Crippen molar-refractivity contribution >= 4 is 38.9 Å². The van der Waals surface area contributed by atoms with E-state index in [0.717, 1.165) is 16.0 Å². The third-order valence-electron chi connectivity index (χ3n) is 2.50. The van der Waals surface area contributed by atoms with Gasteiger partial charge < -0.3 is 5.32 Å². The molecule has 1 nitrogen and oxygen atoms in total. The molecule has 0 amide bonds. The Bertz CT molecular complexity index is 464. The lowest BCUT2D eigenvalue weighted by Crippen LogP contribution is -2.21. The monoisotopic (exact) mass is 329 g/mol. The number of nitrogens with one attached hydrogen (secondary N) is 1. The van der Waals surface area contributed by atoms with Gasteiger partial charge in [-0.15, -0.1) is 0 Å². The van der Waals surface area contributed by atoms with Crippen molar-refractivity contribution < 1.29 is 0 Å². The molecule has 90 valence electrons. The number of halogens is 2. The van der Waals surface area contributed by atoms with Crippen LogP contribution in [0.1, 0.15) is 24.1 Å². The van der Waals surface area contributed by atoms with Gasteiger partial charge in [0.25, 0.3) is 0 Å². The maximum atomic E-state index is 6.10. The summed E-state index contributed by atoms with van der Waals surface area (Å²) in [5.41, 5.74) is 2.47. The van der Waals surface area contributed by atoms with Crippen LogP contribution in [-0.4, -0.2) is 6.54 Å². The molecule has 17 heavy (non-hydrogen) atoms. The molecule has 1 N–H and O–H groups in total. The Kier molecular flexibility index (Phi) is 4.62. The highest BCUT2D eigenvalue weighted by Crippen LogP contribution is 2.29. The summed E-state index contributed by atoms with van der Waals surface area (Å²) in [6.45, 7) is 3.03. The minimum atomic E-state index is 0.209. The van der Waals surface area contributed by atoms with Crippen LogP contribution in [0.15, 0.2) is 39.5 Å². The number of hydrogen-bond acceptors (Lipinski definition) is 2. The van der Waals surface area contributed by atoms with E-state index < -0.39 is 0 Å². The van der Waals surface area contributed by atoms with Crippen LogP contribution in [0.2, 0.25) is 5.02 Å². The van der Waals surface area contributed by atoms with Crippen molar-refractivity contribution in [3.05, 3.63) is 55.6 Å². The first-order valence-corrected chi connectivity index (χ1v) is 7.53. The second kappa shape index (κ2) is 6.01. The van der Waals surface area contributed by atoms with E-state index in [1.807, 2.05) is 12.1 Å². The maximum Gasteiger partial charge on any atom is 0.0585 e. The van der Waals surface area contributed by atoms with Gasteiger partial charge in [0.1, 0.15) is 0 Å². The van der Waals surface area contributed by atoms with Gasteiger partial charge in [0.2, 0.25) is 0 Å². The molecule has 1 unspecified atom stereocenters. The summed E-state index contributed by atoms with van der Waals surface area (Å²) in [4.78, 5) is 0. The normalized spacial score (nSPS) is 12.6. The van der Waals surface area contributed by atoms with Gasteiger partial charge in [-0.25, -0.2) is 0 Å². The van der Waals surface area contributed by atoms with Crippen molar-refractivity contribution in [2.45, 2.75) is 13.0 Å². The Morgan fingerprint density at radius 1 is 1.35 bits per heavy atom. The van der Waals surface area contributed by atoms with Crippen LogP contribution < -0.4 is 5.32 Å². The largest absolute Gasteiger partial charge is 0.307 e. The quantitative estimate of drug-likeness (QED) is 0.844. The SMILES string of the molecule is CCNC(c1ccsc1)c1cc(Cl)cc(Br)c1. The molecule has 0 saturated heterocycles. The highest BCUT2D eigenvalue weighted by Gasteiger charge is 2.14. The standard InChI is InChI=1S/C13H13BrClNS/c1-2-16-13(9-3-4-17-8-9)10-5-11(14)7-12(15)6-10/h3-8,13,16H,2H2,1H3. The van der Waals surface area contributed by atoms with Crippen LogP contribution in [0.5, 0.6) is 0 Å². The van der Waals surface area contributed by atoms with Gasteiger partial charge in [-0.05, 0) is 52.7 Å². The predicted molar refractivity (Wildman–Crippen MR) is 79.0 cm³/mol. The molecule has 2 aromatic rings. The predicted octanol–water partition coefficient (Wildman–Crippen LogP) is 4.86. The zero-order valence-electron chi connectivity index (χ0n) is 9.41. The first kappa shape index (κ1) is 13.1. The molecular weight excluding hydrogens is 318 g/mol. The summed E-state index contributed by atoms with van der Waals surface area (Å²) < 4.78 is 1.01. The number of rotatable bonds is 4. The van der Waals surface area contributed by atoms with E-state index in [1.54, 1.807) is 11.3 Å². The molecule has 0 aliphatic carbocycles. The second-order valence-electron chi connectivity index (χ2n) is 3.75. The molecule has 0 saturated carbocycles. The van der Waals surface area contributed by atoms with E-state index in [4.69, 9.17) is 11.6 Å². The van der Waals surface area contributed by atoms with Gasteiger partial charge in [0, 0.05) is 9.50 Å². The number of thiophene rings is 1. The van der Waals surface area contributed by atoms with E-state index in [9.17, 15) is 0 Å². The van der Waals surface area contributed by atoms with Gasteiger partial charge in [-0.3, -0.25) is 0 Å². The first-order valence-electron chi connectivity index (χ1n) is 5.42. The summed E-state index contributed by atoms with van der Waals surface area (Å²) in [5.74, 6) is 0. The topological polar surface area (TPSA) is 12.0 Å². The average molecular weight is 331 g/mol. The lowest BCUT2D eigenvalue weighted by Gasteiger charge is -2.18. The Morgan fingerprint density at radius 2 is 2.18 bits per heavy atom. The molecule has 1 aromatic heterocycles. The molecule has 0 aliphatic heterocycles. The van der Waals surface area contributed by atoms with E-state index >= 15 is 0 Å². The van der Waals surface area contributed by atoms with E-state index in [1.165, 1.54) is 11.1 Å². The van der Waals surface area contributed by atoms with Crippen molar-refractivity contribution in [1.29, 1.82) is 0 Å². The van der Waals surface area contributed by atoms with Gasteiger partial charge in [0.15, 0.2) is 0 Å². The van der Waals surface area contributed by atoms with E-state index in [2.05, 4.69) is 51.1 Å². The molecule has 2 rings (SSSR count). The van der Waals surface area contributed by atoms with Crippen LogP contribution in [0.3, 0.4) is 0 Å². The fourth-order valence-corrected chi connectivity index (χ4v) is 3.39. The van der Waals surface area contributed by atoms with Crippen molar-refractivity contribution in [3.63, 3.8) is 0 Å². The summed E-state index contributed by atoms with van der Waals surface area (Å²) in [5, 5.41) is 8.51. The summed E-state index contributed by atoms with van der Waals surface area (Å²) in [7, 11) is 0. The van der Waals surface area contributed by atoms with Crippen molar-refractivity contribution in [2.24, 2.45) is 0 Å². The van der Waals surface area contributed by atoms with Crippen molar-refractivity contribution in [1.82, 2.24) is 5.32 Å². The number of hydrogen-bond donors (Lipinski definition) is 1. The highest BCUT2D eigenvalue weighted by atomic mass is 79.9. The summed E-state index contributed by atoms with van der Waals surface area (Å²) >= 11 is 11.3. The third-order valence-corrected chi connectivity index (χ3v) is 3.88. The number of benzene rings is 1. The fraction of sp³-hybridized carbons (Fsp3) is 0.231. The van der Waals surface area contributed by atoms with Crippen LogP contribution >= 0.6 is 38.9 Å². The Balaban J connectivity index is 2.38. The third kappa shape index (κ3) is 3.32. The van der Waals surface area contributed by atoms with Gasteiger partial charge in [-0.2, -0.15) is 11.3 Å².